The molecule has 0 saturated carbocycles. The molecule has 1 aliphatic heterocycles. The Morgan fingerprint density at radius 3 is 2.36 bits per heavy atom. The molecule has 2 atom stereocenters. The highest BCUT2D eigenvalue weighted by Crippen LogP contribution is 2.43. The summed E-state index contributed by atoms with van der Waals surface area (Å²) < 4.78 is 44.4. The lowest BCUT2D eigenvalue weighted by Crippen LogP contribution is -2.53. The molecule has 5 rings (SSSR count). The molecule has 47 heavy (non-hydrogen) atoms. The number of hydrazine groups is 1. The summed E-state index contributed by atoms with van der Waals surface area (Å²) in [6.45, 7) is 0.805. The number of aliphatic hydroxyl groups is 1. The number of amides is 1. The number of rotatable bonds is 16. The van der Waals surface area contributed by atoms with Gasteiger partial charge in [0.15, 0.2) is 21.5 Å². The Labute approximate surface area is 275 Å². The highest BCUT2D eigenvalue weighted by atomic mass is 32.2. The average molecular weight is 658 g/mol. The molecule has 10 nitrogen and oxygen atoms in total. The molecule has 0 aliphatic carbocycles. The van der Waals surface area contributed by atoms with Crippen molar-refractivity contribution < 1.29 is 32.5 Å². The SMILES string of the molecule is COc1cccc(CCNNC(=O)[C@@]2(CCS(=O)(=O)c3ccccc3)N=C(c3ccc(OCCCO)cc3)O[C@H]2c2ccccc2)c1. The van der Waals surface area contributed by atoms with Crippen molar-refractivity contribution in [1.29, 1.82) is 0 Å². The van der Waals surface area contributed by atoms with Gasteiger partial charge < -0.3 is 19.3 Å². The third-order valence-corrected chi connectivity index (χ3v) is 9.59. The average Bonchev–Trinajstić information content (AvgIpc) is 3.51. The summed E-state index contributed by atoms with van der Waals surface area (Å²) in [5.41, 5.74) is 6.49. The lowest BCUT2D eigenvalue weighted by Gasteiger charge is -2.30. The Hall–Kier alpha value is -4.71. The first-order valence-corrected chi connectivity index (χ1v) is 17.1. The van der Waals surface area contributed by atoms with Gasteiger partial charge in [-0.25, -0.2) is 18.8 Å². The quantitative estimate of drug-likeness (QED) is 0.119. The molecule has 4 aromatic carbocycles. The number of carbonyl (C=O) groups is 1. The highest BCUT2D eigenvalue weighted by molar-refractivity contribution is 7.91. The number of hydrogen-bond donors (Lipinski definition) is 3. The summed E-state index contributed by atoms with van der Waals surface area (Å²) in [6.07, 6.45) is 0.0597. The Balaban J connectivity index is 1.45. The number of hydrogen-bond acceptors (Lipinski definition) is 9. The molecule has 0 aromatic heterocycles. The number of nitrogens with zero attached hydrogens (tertiary/aromatic N) is 1. The number of sulfone groups is 1. The lowest BCUT2D eigenvalue weighted by atomic mass is 9.85. The fourth-order valence-corrected chi connectivity index (χ4v) is 6.71. The Bertz CT molecular complexity index is 1750. The molecular weight excluding hydrogens is 618 g/mol. The van der Waals surface area contributed by atoms with Crippen molar-refractivity contribution in [3.05, 3.63) is 126 Å². The van der Waals surface area contributed by atoms with Gasteiger partial charge in [-0.15, -0.1) is 0 Å². The molecule has 1 aliphatic rings. The number of methoxy groups -OCH3 is 1. The molecule has 0 saturated heterocycles. The molecule has 3 N–H and O–H groups in total. The maximum Gasteiger partial charge on any atom is 0.266 e. The maximum absolute atomic E-state index is 14.3. The molecule has 1 amide bonds. The number of nitrogens with one attached hydrogen (secondary N) is 2. The van der Waals surface area contributed by atoms with Crippen molar-refractivity contribution in [2.24, 2.45) is 4.99 Å². The zero-order valence-corrected chi connectivity index (χ0v) is 27.0. The van der Waals surface area contributed by atoms with Gasteiger partial charge in [0.25, 0.3) is 5.91 Å². The Morgan fingerprint density at radius 1 is 0.936 bits per heavy atom. The molecule has 0 bridgehead atoms. The van der Waals surface area contributed by atoms with Gasteiger partial charge in [-0.3, -0.25) is 10.2 Å². The van der Waals surface area contributed by atoms with Crippen molar-refractivity contribution in [3.8, 4) is 11.5 Å². The van der Waals surface area contributed by atoms with Crippen molar-refractivity contribution in [1.82, 2.24) is 10.9 Å². The summed E-state index contributed by atoms with van der Waals surface area (Å²) in [4.78, 5) is 19.3. The van der Waals surface area contributed by atoms with Crippen LogP contribution >= 0.6 is 0 Å². The molecule has 4 aromatic rings. The van der Waals surface area contributed by atoms with Crippen LogP contribution in [0.2, 0.25) is 0 Å². The highest BCUT2D eigenvalue weighted by Gasteiger charge is 2.53. The first kappa shape index (κ1) is 33.6. The zero-order valence-electron chi connectivity index (χ0n) is 26.2. The monoisotopic (exact) mass is 657 g/mol. The van der Waals surface area contributed by atoms with Gasteiger partial charge >= 0.3 is 0 Å². The smallest absolute Gasteiger partial charge is 0.266 e. The summed E-state index contributed by atoms with van der Waals surface area (Å²) in [6, 6.07) is 32.1. The van der Waals surface area contributed by atoms with E-state index in [1.54, 1.807) is 61.7 Å². The van der Waals surface area contributed by atoms with E-state index >= 15 is 0 Å². The van der Waals surface area contributed by atoms with Crippen LogP contribution in [0.3, 0.4) is 0 Å². The molecule has 246 valence electrons. The van der Waals surface area contributed by atoms with Crippen LogP contribution in [0, 0.1) is 0 Å². The van der Waals surface area contributed by atoms with Crippen LogP contribution in [0.1, 0.15) is 35.6 Å². The van der Waals surface area contributed by atoms with Crippen molar-refractivity contribution in [2.45, 2.75) is 35.8 Å². The van der Waals surface area contributed by atoms with Gasteiger partial charge in [-0.05, 0) is 66.1 Å². The number of carbonyl (C=O) groups excluding carboxylic acids is 1. The minimum absolute atomic E-state index is 0.0314. The third-order valence-electron chi connectivity index (χ3n) is 7.86. The maximum atomic E-state index is 14.3. The van der Waals surface area contributed by atoms with E-state index < -0.39 is 27.4 Å². The molecule has 0 radical (unpaired) electrons. The van der Waals surface area contributed by atoms with Crippen LogP contribution in [0.15, 0.2) is 119 Å². The topological polar surface area (TPSA) is 136 Å². The first-order chi connectivity index (χ1) is 22.8. The van der Waals surface area contributed by atoms with Crippen LogP contribution in [0.25, 0.3) is 0 Å². The second-order valence-corrected chi connectivity index (χ2v) is 13.2. The van der Waals surface area contributed by atoms with E-state index in [0.717, 1.165) is 11.3 Å². The summed E-state index contributed by atoms with van der Waals surface area (Å²) in [7, 11) is -2.15. The van der Waals surface area contributed by atoms with E-state index in [9.17, 15) is 13.2 Å². The standard InChI is InChI=1S/C36H39N3O7S/c1-44-31-13-8-10-27(26-31)20-22-37-39-35(41)36(21-25-47(42,43)32-14-6-3-7-15-32)33(28-11-4-2-5-12-28)46-34(38-36)29-16-18-30(19-17-29)45-24-9-23-40/h2-8,10-19,26,33,37,40H,9,20-25H2,1H3,(H,39,41)/t33-,36-/m0/s1. The van der Waals surface area contributed by atoms with E-state index in [1.807, 2.05) is 54.6 Å². The van der Waals surface area contributed by atoms with Gasteiger partial charge in [0.05, 0.1) is 24.4 Å². The van der Waals surface area contributed by atoms with E-state index in [0.29, 0.717) is 42.9 Å². The van der Waals surface area contributed by atoms with Crippen molar-refractivity contribution in [3.63, 3.8) is 0 Å². The normalized spacial score (nSPS) is 17.4. The van der Waals surface area contributed by atoms with Gasteiger partial charge in [-0.1, -0.05) is 60.7 Å². The molecule has 11 heteroatoms. The lowest BCUT2D eigenvalue weighted by molar-refractivity contribution is -0.130. The largest absolute Gasteiger partial charge is 0.497 e. The van der Waals surface area contributed by atoms with Crippen LogP contribution in [0.4, 0.5) is 0 Å². The number of benzene rings is 4. The molecule has 0 spiro atoms. The fraction of sp³-hybridized carbons (Fsp3) is 0.278. The number of ether oxygens (including phenoxy) is 3. The molecule has 0 fully saturated rings. The molecule has 1 heterocycles. The zero-order chi connectivity index (χ0) is 33.1. The van der Waals surface area contributed by atoms with Crippen molar-refractivity contribution in [2.75, 3.05) is 32.6 Å². The second-order valence-electron chi connectivity index (χ2n) is 11.1. The van der Waals surface area contributed by atoms with E-state index in [-0.39, 0.29) is 29.6 Å². The first-order valence-electron chi connectivity index (χ1n) is 15.4. The third kappa shape index (κ3) is 8.37. The van der Waals surface area contributed by atoms with Crippen LogP contribution in [-0.2, 0) is 25.8 Å². The van der Waals surface area contributed by atoms with Gasteiger partial charge in [0.1, 0.15) is 11.5 Å². The Morgan fingerprint density at radius 2 is 1.66 bits per heavy atom. The van der Waals surface area contributed by atoms with Gasteiger partial charge in [-0.2, -0.15) is 0 Å². The second kappa shape index (κ2) is 15.7. The van der Waals surface area contributed by atoms with Gasteiger partial charge in [0.2, 0.25) is 5.90 Å². The van der Waals surface area contributed by atoms with E-state index in [2.05, 4.69) is 10.9 Å². The Kier molecular flexibility index (Phi) is 11.3. The predicted octanol–water partition coefficient (Wildman–Crippen LogP) is 4.44. The van der Waals surface area contributed by atoms with Gasteiger partial charge in [0, 0.05) is 31.6 Å². The minimum Gasteiger partial charge on any atom is -0.497 e. The van der Waals surface area contributed by atoms with Crippen LogP contribution in [0.5, 0.6) is 11.5 Å². The fourth-order valence-electron chi connectivity index (χ4n) is 5.32. The summed E-state index contributed by atoms with van der Waals surface area (Å²) in [5.74, 6) is 0.711. The van der Waals surface area contributed by atoms with E-state index in [1.165, 1.54) is 0 Å². The number of aliphatic imine (C=N–C) groups is 1. The van der Waals surface area contributed by atoms with Crippen LogP contribution in [-0.4, -0.2) is 63.5 Å². The summed E-state index contributed by atoms with van der Waals surface area (Å²) >= 11 is 0. The van der Waals surface area contributed by atoms with Crippen LogP contribution < -0.4 is 20.3 Å². The molecule has 0 unspecified atom stereocenters. The predicted molar refractivity (Wildman–Crippen MR) is 179 cm³/mol. The summed E-state index contributed by atoms with van der Waals surface area (Å²) in [5, 5.41) is 9.05. The molecular formula is C36H39N3O7S. The van der Waals surface area contributed by atoms with Crippen molar-refractivity contribution >= 4 is 21.6 Å². The van der Waals surface area contributed by atoms with E-state index in [4.69, 9.17) is 24.3 Å². The number of aliphatic hydroxyl groups excluding tert-OH is 1. The minimum atomic E-state index is -3.76.